The molecule has 0 unspecified atom stereocenters. The van der Waals surface area contributed by atoms with Crippen molar-refractivity contribution in [2.24, 2.45) is 5.92 Å². The van der Waals surface area contributed by atoms with Crippen molar-refractivity contribution in [2.45, 2.75) is 63.6 Å². The maximum atomic E-state index is 6.53. The quantitative estimate of drug-likeness (QED) is 0.398. The number of pyridine rings is 1. The first kappa shape index (κ1) is 21.8. The molecule has 2 aliphatic carbocycles. The molecule has 9 heteroatoms. The van der Waals surface area contributed by atoms with Crippen LogP contribution in [0, 0.1) is 5.92 Å². The van der Waals surface area contributed by atoms with E-state index in [1.54, 1.807) is 6.33 Å². The Kier molecular flexibility index (Phi) is 4.72. The first-order valence-corrected chi connectivity index (χ1v) is 12.8. The van der Waals surface area contributed by atoms with Crippen molar-refractivity contribution >= 4 is 39.3 Å². The molecule has 1 saturated carbocycles. The number of nitrogen functional groups attached to an aromatic ring is 2. The number of ether oxygens (including phenoxy) is 2. The van der Waals surface area contributed by atoms with Crippen molar-refractivity contribution < 1.29 is 9.47 Å². The number of nitrogens with two attached hydrogens (primary N) is 2. The van der Waals surface area contributed by atoms with Crippen LogP contribution in [0.3, 0.4) is 0 Å². The second kappa shape index (κ2) is 7.78. The van der Waals surface area contributed by atoms with E-state index in [4.69, 9.17) is 25.9 Å². The van der Waals surface area contributed by atoms with E-state index < -0.39 is 5.79 Å². The van der Waals surface area contributed by atoms with Gasteiger partial charge >= 0.3 is 0 Å². The fourth-order valence-corrected chi connectivity index (χ4v) is 6.61. The predicted octanol–water partition coefficient (Wildman–Crippen LogP) is 3.83. The lowest BCUT2D eigenvalue weighted by Gasteiger charge is -2.26. The number of hydrogen-bond donors (Lipinski definition) is 3. The molecule has 9 nitrogen and oxygen atoms in total. The van der Waals surface area contributed by atoms with Gasteiger partial charge in [-0.3, -0.25) is 0 Å². The molecule has 1 aliphatic heterocycles. The fraction of sp³-hybridized carbons (Fsp3) is 0.444. The lowest BCUT2D eigenvalue weighted by molar-refractivity contribution is -0.159. The van der Waals surface area contributed by atoms with Gasteiger partial charge in [0, 0.05) is 29.2 Å². The number of fused-ring (bicyclic) bond motifs is 5. The normalized spacial score (nSPS) is 26.5. The number of rotatable bonds is 4. The molecule has 0 radical (unpaired) electrons. The molecule has 4 heterocycles. The highest BCUT2D eigenvalue weighted by Crippen LogP contribution is 2.50. The van der Waals surface area contributed by atoms with Crippen LogP contribution in [0.15, 0.2) is 36.7 Å². The maximum absolute atomic E-state index is 6.53. The molecule has 4 aromatic rings. The first-order valence-electron chi connectivity index (χ1n) is 12.8. The number of aryl methyl sites for hydroxylation is 1. The molecular weight excluding hydrogens is 454 g/mol. The number of anilines is 3. The molecule has 0 bridgehead atoms. The van der Waals surface area contributed by atoms with Crippen molar-refractivity contribution in [1.29, 1.82) is 0 Å². The van der Waals surface area contributed by atoms with Gasteiger partial charge in [-0.2, -0.15) is 0 Å². The Labute approximate surface area is 209 Å². The molecule has 3 aliphatic rings. The van der Waals surface area contributed by atoms with Crippen molar-refractivity contribution in [3.05, 3.63) is 47.9 Å². The Morgan fingerprint density at radius 2 is 1.92 bits per heavy atom. The summed E-state index contributed by atoms with van der Waals surface area (Å²) in [6.07, 6.45) is 5.61. The summed E-state index contributed by atoms with van der Waals surface area (Å²) in [5.41, 5.74) is 17.7. The summed E-state index contributed by atoms with van der Waals surface area (Å²) in [5.74, 6) is 0.728. The van der Waals surface area contributed by atoms with Gasteiger partial charge in [0.05, 0.1) is 23.0 Å². The van der Waals surface area contributed by atoms with Crippen LogP contribution in [0.4, 0.5) is 17.3 Å². The summed E-state index contributed by atoms with van der Waals surface area (Å²) in [6.45, 7) is 4.78. The smallest absolute Gasteiger partial charge is 0.163 e. The molecule has 7 rings (SSSR count). The Bertz CT molecular complexity index is 1500. The van der Waals surface area contributed by atoms with E-state index in [2.05, 4.69) is 38.1 Å². The number of aromatic nitrogens is 4. The van der Waals surface area contributed by atoms with Crippen molar-refractivity contribution in [3.8, 4) is 0 Å². The monoisotopic (exact) mass is 485 g/mol. The molecule has 5 N–H and O–H groups in total. The second-order valence-corrected chi connectivity index (χ2v) is 10.8. The van der Waals surface area contributed by atoms with Gasteiger partial charge in [-0.15, -0.1) is 0 Å². The SMILES string of the molecule is CC1(C)O[C@@H]2[C@@H](CNc3ccc4ccc(N)nc4c3)C[C@@H](n3c4c(c5c(N)ncnc53)CCC4)[C@@H]2O1. The number of hydrogen-bond acceptors (Lipinski definition) is 8. The summed E-state index contributed by atoms with van der Waals surface area (Å²) < 4.78 is 15.4. The summed E-state index contributed by atoms with van der Waals surface area (Å²) in [5, 5.41) is 5.72. The van der Waals surface area contributed by atoms with Gasteiger partial charge < -0.3 is 30.8 Å². The van der Waals surface area contributed by atoms with Gasteiger partial charge in [0.2, 0.25) is 0 Å². The molecule has 2 fully saturated rings. The molecule has 186 valence electrons. The van der Waals surface area contributed by atoms with Crippen LogP contribution < -0.4 is 16.8 Å². The Hall–Kier alpha value is -3.43. The number of nitrogens with one attached hydrogen (secondary N) is 1. The van der Waals surface area contributed by atoms with E-state index >= 15 is 0 Å². The van der Waals surface area contributed by atoms with Crippen molar-refractivity contribution in [2.75, 3.05) is 23.3 Å². The van der Waals surface area contributed by atoms with Crippen LogP contribution in [0.25, 0.3) is 21.9 Å². The van der Waals surface area contributed by atoms with E-state index in [1.807, 2.05) is 26.0 Å². The average molecular weight is 486 g/mol. The highest BCUT2D eigenvalue weighted by atomic mass is 16.8. The van der Waals surface area contributed by atoms with Crippen LogP contribution in [-0.4, -0.2) is 44.1 Å². The molecule has 3 aromatic heterocycles. The molecule has 1 saturated heterocycles. The van der Waals surface area contributed by atoms with Gasteiger partial charge in [0.15, 0.2) is 5.79 Å². The highest BCUT2D eigenvalue weighted by Gasteiger charge is 2.55. The summed E-state index contributed by atoms with van der Waals surface area (Å²) in [6, 6.07) is 10.2. The van der Waals surface area contributed by atoms with Crippen LogP contribution >= 0.6 is 0 Å². The zero-order chi connectivity index (χ0) is 24.6. The van der Waals surface area contributed by atoms with Gasteiger partial charge in [-0.05, 0) is 69.4 Å². The van der Waals surface area contributed by atoms with E-state index in [-0.39, 0.29) is 24.2 Å². The predicted molar refractivity (Wildman–Crippen MR) is 140 cm³/mol. The third-order valence-corrected chi connectivity index (χ3v) is 8.03. The first-order chi connectivity index (χ1) is 17.4. The standard InChI is InChI=1S/C27H31N7O2/c1-27(2)35-23-15(12-30-16-8-6-14-7-9-21(28)33-18(14)11-16)10-20(24(23)36-27)34-19-5-3-4-17(19)22-25(29)31-13-32-26(22)34/h6-9,11,13,15,20,23-24,30H,3-5,10,12H2,1-2H3,(H2,28,33)(H2,29,31,32)/t15-,20-,23-,24+/m1/s1. The molecule has 0 spiro atoms. The van der Waals surface area contributed by atoms with Crippen LogP contribution in [0.2, 0.25) is 0 Å². The Balaban J connectivity index is 1.22. The zero-order valence-corrected chi connectivity index (χ0v) is 20.6. The third-order valence-electron chi connectivity index (χ3n) is 8.03. The van der Waals surface area contributed by atoms with E-state index in [0.717, 1.165) is 59.9 Å². The third kappa shape index (κ3) is 3.33. The van der Waals surface area contributed by atoms with Gasteiger partial charge in [0.1, 0.15) is 29.7 Å². The minimum atomic E-state index is -0.628. The van der Waals surface area contributed by atoms with Gasteiger partial charge in [-0.25, -0.2) is 15.0 Å². The number of nitrogens with zero attached hydrogens (tertiary/aromatic N) is 4. The maximum Gasteiger partial charge on any atom is 0.163 e. The largest absolute Gasteiger partial charge is 0.385 e. The molecular formula is C27H31N7O2. The van der Waals surface area contributed by atoms with Crippen LogP contribution in [0.1, 0.15) is 44.0 Å². The van der Waals surface area contributed by atoms with Gasteiger partial charge in [-0.1, -0.05) is 6.07 Å². The summed E-state index contributed by atoms with van der Waals surface area (Å²) in [7, 11) is 0. The Morgan fingerprint density at radius 1 is 1.08 bits per heavy atom. The molecule has 4 atom stereocenters. The topological polar surface area (TPSA) is 126 Å². The van der Waals surface area contributed by atoms with E-state index in [1.165, 1.54) is 11.3 Å². The molecule has 1 aromatic carbocycles. The zero-order valence-electron chi connectivity index (χ0n) is 20.6. The van der Waals surface area contributed by atoms with E-state index in [0.29, 0.717) is 11.6 Å². The van der Waals surface area contributed by atoms with Crippen LogP contribution in [0.5, 0.6) is 0 Å². The second-order valence-electron chi connectivity index (χ2n) is 10.8. The minimum absolute atomic E-state index is 0.0135. The van der Waals surface area contributed by atoms with E-state index in [9.17, 15) is 0 Å². The average Bonchev–Trinajstić information content (AvgIpc) is 3.57. The van der Waals surface area contributed by atoms with Crippen LogP contribution in [-0.2, 0) is 22.3 Å². The number of benzene rings is 1. The lowest BCUT2D eigenvalue weighted by Crippen LogP contribution is -2.29. The highest BCUT2D eigenvalue weighted by molar-refractivity contribution is 5.91. The Morgan fingerprint density at radius 3 is 2.81 bits per heavy atom. The summed E-state index contributed by atoms with van der Waals surface area (Å²) >= 11 is 0. The van der Waals surface area contributed by atoms with Crippen molar-refractivity contribution in [1.82, 2.24) is 19.5 Å². The molecule has 36 heavy (non-hydrogen) atoms. The lowest BCUT2D eigenvalue weighted by atomic mass is 10.1. The fourth-order valence-electron chi connectivity index (χ4n) is 6.61. The van der Waals surface area contributed by atoms with Crippen molar-refractivity contribution in [3.63, 3.8) is 0 Å². The summed E-state index contributed by atoms with van der Waals surface area (Å²) in [4.78, 5) is 13.5. The van der Waals surface area contributed by atoms with Gasteiger partial charge in [0.25, 0.3) is 0 Å². The molecule has 0 amide bonds. The minimum Gasteiger partial charge on any atom is -0.385 e.